The lowest BCUT2D eigenvalue weighted by molar-refractivity contribution is 0.413. The van der Waals surface area contributed by atoms with E-state index in [1.165, 1.54) is 0 Å². The van der Waals surface area contributed by atoms with Gasteiger partial charge >= 0.3 is 0 Å². The van der Waals surface area contributed by atoms with Gasteiger partial charge in [0, 0.05) is 23.4 Å². The van der Waals surface area contributed by atoms with E-state index in [1.54, 1.807) is 13.3 Å². The average Bonchev–Trinajstić information content (AvgIpc) is 2.90. The zero-order valence-electron chi connectivity index (χ0n) is 10.9. The van der Waals surface area contributed by atoms with Crippen LogP contribution >= 0.6 is 15.9 Å². The van der Waals surface area contributed by atoms with Gasteiger partial charge in [0.15, 0.2) is 0 Å². The Kier molecular flexibility index (Phi) is 4.57. The number of halogens is 1. The van der Waals surface area contributed by atoms with Gasteiger partial charge in [-0.3, -0.25) is 5.84 Å². The maximum absolute atomic E-state index is 5.72. The van der Waals surface area contributed by atoms with Crippen molar-refractivity contribution < 1.29 is 4.74 Å². The summed E-state index contributed by atoms with van der Waals surface area (Å²) < 4.78 is 8.27. The molecule has 0 amide bonds. The first-order valence-electron chi connectivity index (χ1n) is 6.01. The Hall–Kier alpha value is -1.37. The van der Waals surface area contributed by atoms with E-state index in [0.717, 1.165) is 28.2 Å². The van der Waals surface area contributed by atoms with E-state index in [4.69, 9.17) is 10.6 Å². The Morgan fingerprint density at radius 3 is 2.95 bits per heavy atom. The highest BCUT2D eigenvalue weighted by Crippen LogP contribution is 2.30. The molecule has 0 aliphatic rings. The summed E-state index contributed by atoms with van der Waals surface area (Å²) in [7, 11) is 1.64. The second-order valence-corrected chi connectivity index (χ2v) is 4.91. The van der Waals surface area contributed by atoms with Crippen molar-refractivity contribution in [2.24, 2.45) is 5.84 Å². The van der Waals surface area contributed by atoms with Crippen molar-refractivity contribution in [3.8, 4) is 5.75 Å². The first-order valence-corrected chi connectivity index (χ1v) is 6.81. The number of nitrogens with zero attached hydrogens (tertiary/aromatic N) is 2. The van der Waals surface area contributed by atoms with Gasteiger partial charge in [0.25, 0.3) is 0 Å². The maximum atomic E-state index is 5.72. The first-order chi connectivity index (χ1) is 9.21. The molecule has 1 aromatic heterocycles. The van der Waals surface area contributed by atoms with Gasteiger partial charge in [-0.1, -0.05) is 15.9 Å². The van der Waals surface area contributed by atoms with E-state index in [-0.39, 0.29) is 6.04 Å². The number of aryl methyl sites for hydroxylation is 1. The lowest BCUT2D eigenvalue weighted by atomic mass is 10.1. The third-order valence-corrected chi connectivity index (χ3v) is 3.75. The van der Waals surface area contributed by atoms with Gasteiger partial charge in [-0.25, -0.2) is 10.4 Å². The van der Waals surface area contributed by atoms with Crippen LogP contribution in [0.2, 0.25) is 0 Å². The van der Waals surface area contributed by atoms with Gasteiger partial charge in [-0.05, 0) is 30.7 Å². The fourth-order valence-electron chi connectivity index (χ4n) is 2.02. The molecule has 0 bridgehead atoms. The second kappa shape index (κ2) is 6.18. The van der Waals surface area contributed by atoms with Crippen LogP contribution in [-0.2, 0) is 6.54 Å². The van der Waals surface area contributed by atoms with Crippen LogP contribution in [0.3, 0.4) is 0 Å². The summed E-state index contributed by atoms with van der Waals surface area (Å²) in [4.78, 5) is 4.39. The summed E-state index contributed by atoms with van der Waals surface area (Å²) >= 11 is 3.54. The van der Waals surface area contributed by atoms with Crippen LogP contribution in [-0.4, -0.2) is 16.7 Å². The SMILES string of the molecule is CCn1ccnc1C(NN)c1cc(OC)ccc1Br. The number of hydrazine groups is 1. The Morgan fingerprint density at radius 2 is 2.32 bits per heavy atom. The average molecular weight is 325 g/mol. The van der Waals surface area contributed by atoms with Gasteiger partial charge in [0.2, 0.25) is 0 Å². The molecular formula is C13H17BrN4O. The van der Waals surface area contributed by atoms with Crippen molar-refractivity contribution >= 4 is 15.9 Å². The summed E-state index contributed by atoms with van der Waals surface area (Å²) in [6.07, 6.45) is 3.71. The molecular weight excluding hydrogens is 308 g/mol. The summed E-state index contributed by atoms with van der Waals surface area (Å²) in [5.74, 6) is 7.37. The molecule has 0 saturated heterocycles. The minimum Gasteiger partial charge on any atom is -0.497 e. The number of benzene rings is 1. The highest BCUT2D eigenvalue weighted by molar-refractivity contribution is 9.10. The van der Waals surface area contributed by atoms with Crippen molar-refractivity contribution in [3.63, 3.8) is 0 Å². The molecule has 0 radical (unpaired) electrons. The third-order valence-electron chi connectivity index (χ3n) is 3.03. The number of nitrogens with two attached hydrogens (primary N) is 1. The van der Waals surface area contributed by atoms with Crippen molar-refractivity contribution in [2.75, 3.05) is 7.11 Å². The highest BCUT2D eigenvalue weighted by Gasteiger charge is 2.20. The van der Waals surface area contributed by atoms with E-state index >= 15 is 0 Å². The summed E-state index contributed by atoms with van der Waals surface area (Å²) in [5, 5.41) is 0. The normalized spacial score (nSPS) is 12.4. The third kappa shape index (κ3) is 2.80. The number of methoxy groups -OCH3 is 1. The largest absolute Gasteiger partial charge is 0.497 e. The number of hydrogen-bond acceptors (Lipinski definition) is 4. The molecule has 3 N–H and O–H groups in total. The van der Waals surface area contributed by atoms with Crippen LogP contribution in [0.1, 0.15) is 24.4 Å². The van der Waals surface area contributed by atoms with Gasteiger partial charge < -0.3 is 9.30 Å². The molecule has 19 heavy (non-hydrogen) atoms. The van der Waals surface area contributed by atoms with E-state index in [0.29, 0.717) is 0 Å². The van der Waals surface area contributed by atoms with E-state index in [1.807, 2.05) is 24.4 Å². The van der Waals surface area contributed by atoms with Crippen LogP contribution in [0.5, 0.6) is 5.75 Å². The fraction of sp³-hybridized carbons (Fsp3) is 0.308. The molecule has 6 heteroatoms. The molecule has 0 aliphatic carbocycles. The van der Waals surface area contributed by atoms with Gasteiger partial charge in [-0.2, -0.15) is 0 Å². The fourth-order valence-corrected chi connectivity index (χ4v) is 2.50. The van der Waals surface area contributed by atoms with Crippen LogP contribution < -0.4 is 16.0 Å². The van der Waals surface area contributed by atoms with E-state index in [2.05, 4.69) is 37.8 Å². The van der Waals surface area contributed by atoms with Crippen molar-refractivity contribution in [2.45, 2.75) is 19.5 Å². The molecule has 1 unspecified atom stereocenters. The molecule has 0 fully saturated rings. The Labute approximate surface area is 120 Å². The smallest absolute Gasteiger partial charge is 0.131 e. The lowest BCUT2D eigenvalue weighted by Crippen LogP contribution is -2.31. The predicted octanol–water partition coefficient (Wildman–Crippen LogP) is 2.23. The molecule has 5 nitrogen and oxygen atoms in total. The van der Waals surface area contributed by atoms with Crippen molar-refractivity contribution in [3.05, 3.63) is 46.5 Å². The maximum Gasteiger partial charge on any atom is 0.131 e. The number of aromatic nitrogens is 2. The highest BCUT2D eigenvalue weighted by atomic mass is 79.9. The Bertz CT molecular complexity index is 555. The van der Waals surface area contributed by atoms with Crippen molar-refractivity contribution in [1.29, 1.82) is 0 Å². The van der Waals surface area contributed by atoms with E-state index < -0.39 is 0 Å². The van der Waals surface area contributed by atoms with Crippen LogP contribution in [0.4, 0.5) is 0 Å². The summed E-state index contributed by atoms with van der Waals surface area (Å²) in [6.45, 7) is 2.91. The van der Waals surface area contributed by atoms with Gasteiger partial charge in [0.1, 0.15) is 17.6 Å². The molecule has 0 aliphatic heterocycles. The lowest BCUT2D eigenvalue weighted by Gasteiger charge is -2.19. The standard InChI is InChI=1S/C13H17BrN4O/c1-3-18-7-6-16-13(18)12(17-15)10-8-9(19-2)4-5-11(10)14/h4-8,12,17H,3,15H2,1-2H3. The number of imidazole rings is 1. The number of rotatable bonds is 5. The van der Waals surface area contributed by atoms with Gasteiger partial charge in [-0.15, -0.1) is 0 Å². The van der Waals surface area contributed by atoms with Crippen LogP contribution in [0, 0.1) is 0 Å². The predicted molar refractivity (Wildman–Crippen MR) is 77.8 cm³/mol. The number of ether oxygens (including phenoxy) is 1. The Morgan fingerprint density at radius 1 is 1.53 bits per heavy atom. The minimum atomic E-state index is -0.195. The zero-order valence-corrected chi connectivity index (χ0v) is 12.5. The minimum absolute atomic E-state index is 0.195. The molecule has 2 aromatic rings. The second-order valence-electron chi connectivity index (χ2n) is 4.06. The number of nitrogens with one attached hydrogen (secondary N) is 1. The molecule has 0 saturated carbocycles. The van der Waals surface area contributed by atoms with Crippen molar-refractivity contribution in [1.82, 2.24) is 15.0 Å². The first kappa shape index (κ1) is 14.0. The summed E-state index contributed by atoms with van der Waals surface area (Å²) in [6, 6.07) is 5.59. The molecule has 1 heterocycles. The van der Waals surface area contributed by atoms with Crippen LogP contribution in [0.15, 0.2) is 35.1 Å². The molecule has 0 spiro atoms. The zero-order chi connectivity index (χ0) is 13.8. The van der Waals surface area contributed by atoms with E-state index in [9.17, 15) is 0 Å². The Balaban J connectivity index is 2.47. The monoisotopic (exact) mass is 324 g/mol. The molecule has 1 aromatic carbocycles. The quantitative estimate of drug-likeness (QED) is 0.654. The van der Waals surface area contributed by atoms with Gasteiger partial charge in [0.05, 0.1) is 7.11 Å². The molecule has 102 valence electrons. The molecule has 2 rings (SSSR count). The number of hydrogen-bond donors (Lipinski definition) is 2. The summed E-state index contributed by atoms with van der Waals surface area (Å²) in [5.41, 5.74) is 3.81. The molecule has 1 atom stereocenters. The van der Waals surface area contributed by atoms with Crippen LogP contribution in [0.25, 0.3) is 0 Å². The topological polar surface area (TPSA) is 65.1 Å².